The summed E-state index contributed by atoms with van der Waals surface area (Å²) in [4.78, 5) is 2.40. The number of nitrogens with one attached hydrogen (secondary N) is 1. The Morgan fingerprint density at radius 1 is 1.33 bits per heavy atom. The van der Waals surface area contributed by atoms with E-state index < -0.39 is 0 Å². The molecule has 1 aliphatic heterocycles. The van der Waals surface area contributed by atoms with Crippen LogP contribution in [0.4, 0.5) is 0 Å². The topological polar surface area (TPSA) is 48.3 Å². The van der Waals surface area contributed by atoms with Gasteiger partial charge in [0.15, 0.2) is 0 Å². The smallest absolute Gasteiger partial charge is 0.0991 e. The highest BCUT2D eigenvalue weighted by Gasteiger charge is 2.08. The second kappa shape index (κ2) is 7.12. The Morgan fingerprint density at radius 2 is 2.17 bits per heavy atom. The highest BCUT2D eigenvalue weighted by atomic mass is 16.5. The van der Waals surface area contributed by atoms with Crippen LogP contribution in [0.2, 0.25) is 0 Å². The van der Waals surface area contributed by atoms with Gasteiger partial charge < -0.3 is 10.1 Å². The van der Waals surface area contributed by atoms with Gasteiger partial charge in [-0.25, -0.2) is 0 Å². The third kappa shape index (κ3) is 4.11. The Hall–Kier alpha value is -1.41. The minimum Gasteiger partial charge on any atom is -0.375 e. The highest BCUT2D eigenvalue weighted by molar-refractivity contribution is 5.32. The highest BCUT2D eigenvalue weighted by Crippen LogP contribution is 2.05. The number of hydrogen-bond donors (Lipinski definition) is 1. The van der Waals surface area contributed by atoms with Gasteiger partial charge in [-0.3, -0.25) is 4.90 Å². The lowest BCUT2D eigenvalue weighted by Crippen LogP contribution is -2.44. The molecule has 1 saturated heterocycles. The molecule has 0 atom stereocenters. The molecule has 1 heterocycles. The summed E-state index contributed by atoms with van der Waals surface area (Å²) in [7, 11) is 0. The van der Waals surface area contributed by atoms with E-state index in [2.05, 4.69) is 16.3 Å². The first-order valence-electron chi connectivity index (χ1n) is 6.38. The van der Waals surface area contributed by atoms with Gasteiger partial charge in [0, 0.05) is 32.7 Å². The van der Waals surface area contributed by atoms with Crippen LogP contribution in [0, 0.1) is 11.3 Å². The largest absolute Gasteiger partial charge is 0.375 e. The van der Waals surface area contributed by atoms with Crippen molar-refractivity contribution in [3.63, 3.8) is 0 Å². The van der Waals surface area contributed by atoms with Crippen LogP contribution >= 0.6 is 0 Å². The molecular formula is C14H19N3O. The zero-order valence-corrected chi connectivity index (χ0v) is 10.6. The summed E-state index contributed by atoms with van der Waals surface area (Å²) >= 11 is 0. The van der Waals surface area contributed by atoms with Crippen molar-refractivity contribution in [1.82, 2.24) is 10.2 Å². The number of benzene rings is 1. The minimum atomic E-state index is 0.585. The van der Waals surface area contributed by atoms with Gasteiger partial charge in [-0.2, -0.15) is 5.26 Å². The van der Waals surface area contributed by atoms with E-state index in [1.165, 1.54) is 0 Å². The number of hydrogen-bond acceptors (Lipinski definition) is 4. The van der Waals surface area contributed by atoms with Crippen molar-refractivity contribution in [2.45, 2.75) is 6.61 Å². The number of nitrogens with zero attached hydrogens (tertiary/aromatic N) is 2. The first kappa shape index (κ1) is 13.0. The molecule has 0 unspecified atom stereocenters. The molecular weight excluding hydrogens is 226 g/mol. The molecule has 96 valence electrons. The quantitative estimate of drug-likeness (QED) is 0.786. The molecule has 0 saturated carbocycles. The van der Waals surface area contributed by atoms with Crippen LogP contribution in [0.25, 0.3) is 0 Å². The van der Waals surface area contributed by atoms with E-state index in [9.17, 15) is 0 Å². The van der Waals surface area contributed by atoms with Crippen molar-refractivity contribution >= 4 is 0 Å². The first-order valence-corrected chi connectivity index (χ1v) is 6.38. The summed E-state index contributed by atoms with van der Waals surface area (Å²) in [6.45, 7) is 6.67. The molecule has 0 spiro atoms. The predicted molar refractivity (Wildman–Crippen MR) is 70.1 cm³/mol. The third-order valence-corrected chi connectivity index (χ3v) is 3.09. The van der Waals surface area contributed by atoms with Crippen LogP contribution in [0.15, 0.2) is 24.3 Å². The summed E-state index contributed by atoms with van der Waals surface area (Å²) in [5.74, 6) is 0. The van der Waals surface area contributed by atoms with Gasteiger partial charge in [0.2, 0.25) is 0 Å². The molecule has 18 heavy (non-hydrogen) atoms. The Balaban J connectivity index is 1.67. The molecule has 0 amide bonds. The van der Waals surface area contributed by atoms with Gasteiger partial charge >= 0.3 is 0 Å². The Labute approximate surface area is 108 Å². The first-order chi connectivity index (χ1) is 8.88. The average molecular weight is 245 g/mol. The van der Waals surface area contributed by atoms with Gasteiger partial charge in [-0.1, -0.05) is 12.1 Å². The lowest BCUT2D eigenvalue weighted by atomic mass is 10.1. The van der Waals surface area contributed by atoms with Crippen molar-refractivity contribution in [1.29, 1.82) is 5.26 Å². The zero-order chi connectivity index (χ0) is 12.6. The summed E-state index contributed by atoms with van der Waals surface area (Å²) in [5.41, 5.74) is 1.76. The maximum atomic E-state index is 8.80. The fraction of sp³-hybridized carbons (Fsp3) is 0.500. The molecule has 0 bridgehead atoms. The monoisotopic (exact) mass is 245 g/mol. The maximum absolute atomic E-state index is 8.80. The molecule has 4 heteroatoms. The third-order valence-electron chi connectivity index (χ3n) is 3.09. The second-order valence-corrected chi connectivity index (χ2v) is 4.46. The van der Waals surface area contributed by atoms with E-state index in [1.54, 1.807) is 0 Å². The number of ether oxygens (including phenoxy) is 1. The molecule has 0 aromatic heterocycles. The number of rotatable bonds is 5. The summed E-state index contributed by atoms with van der Waals surface area (Å²) in [6, 6.07) is 9.72. The van der Waals surface area contributed by atoms with Gasteiger partial charge in [0.1, 0.15) is 0 Å². The minimum absolute atomic E-state index is 0.585. The van der Waals surface area contributed by atoms with Crippen molar-refractivity contribution in [3.05, 3.63) is 35.4 Å². The van der Waals surface area contributed by atoms with Crippen molar-refractivity contribution in [2.75, 3.05) is 39.3 Å². The van der Waals surface area contributed by atoms with E-state index in [4.69, 9.17) is 10.00 Å². The van der Waals surface area contributed by atoms with Crippen molar-refractivity contribution in [2.24, 2.45) is 0 Å². The molecule has 1 N–H and O–H groups in total. The van der Waals surface area contributed by atoms with Crippen molar-refractivity contribution < 1.29 is 4.74 Å². The van der Waals surface area contributed by atoms with Gasteiger partial charge in [-0.05, 0) is 17.7 Å². The van der Waals surface area contributed by atoms with Crippen molar-refractivity contribution in [3.8, 4) is 6.07 Å². The molecule has 4 nitrogen and oxygen atoms in total. The SMILES string of the molecule is N#Cc1cccc(COCCN2CCNCC2)c1. The predicted octanol–water partition coefficient (Wildman–Crippen LogP) is 0.980. The Bertz CT molecular complexity index is 408. The van der Waals surface area contributed by atoms with E-state index in [-0.39, 0.29) is 0 Å². The van der Waals surface area contributed by atoms with Crippen LogP contribution in [0.1, 0.15) is 11.1 Å². The molecule has 2 rings (SSSR count). The van der Waals surface area contributed by atoms with Gasteiger partial charge in [0.05, 0.1) is 24.8 Å². The van der Waals surface area contributed by atoms with Crippen LogP contribution in [0.5, 0.6) is 0 Å². The molecule has 1 fully saturated rings. The Kier molecular flexibility index (Phi) is 5.15. The van der Waals surface area contributed by atoms with Gasteiger partial charge in [-0.15, -0.1) is 0 Å². The zero-order valence-electron chi connectivity index (χ0n) is 10.6. The van der Waals surface area contributed by atoms with Crippen LogP contribution < -0.4 is 5.32 Å². The second-order valence-electron chi connectivity index (χ2n) is 4.46. The molecule has 0 aliphatic carbocycles. The summed E-state index contributed by atoms with van der Waals surface area (Å²) < 4.78 is 5.65. The van der Waals surface area contributed by atoms with E-state index in [0.717, 1.165) is 44.9 Å². The lowest BCUT2D eigenvalue weighted by molar-refractivity contribution is 0.0886. The van der Waals surface area contributed by atoms with E-state index >= 15 is 0 Å². The number of nitriles is 1. The fourth-order valence-corrected chi connectivity index (χ4v) is 2.05. The van der Waals surface area contributed by atoms with Crippen LogP contribution in [0.3, 0.4) is 0 Å². The summed E-state index contributed by atoms with van der Waals surface area (Å²) in [5, 5.41) is 12.1. The lowest BCUT2D eigenvalue weighted by Gasteiger charge is -2.26. The molecule has 1 aromatic carbocycles. The van der Waals surface area contributed by atoms with Crippen LogP contribution in [-0.2, 0) is 11.3 Å². The van der Waals surface area contributed by atoms with E-state index in [0.29, 0.717) is 12.2 Å². The van der Waals surface area contributed by atoms with Gasteiger partial charge in [0.25, 0.3) is 0 Å². The average Bonchev–Trinajstić information content (AvgIpc) is 2.45. The number of piperazine rings is 1. The van der Waals surface area contributed by atoms with E-state index in [1.807, 2.05) is 24.3 Å². The standard InChI is InChI=1S/C14H19N3O/c15-11-13-2-1-3-14(10-13)12-18-9-8-17-6-4-16-5-7-17/h1-3,10,16H,4-9,12H2. The molecule has 1 aromatic rings. The fourth-order valence-electron chi connectivity index (χ4n) is 2.05. The van der Waals surface area contributed by atoms with Crippen LogP contribution in [-0.4, -0.2) is 44.2 Å². The maximum Gasteiger partial charge on any atom is 0.0991 e. The molecule has 1 aliphatic rings. The molecule has 0 radical (unpaired) electrons. The summed E-state index contributed by atoms with van der Waals surface area (Å²) in [6.07, 6.45) is 0. The normalized spacial score (nSPS) is 16.4. The Morgan fingerprint density at radius 3 is 2.94 bits per heavy atom.